The molecule has 0 saturated heterocycles. The van der Waals surface area contributed by atoms with E-state index in [0.29, 0.717) is 13.0 Å². The van der Waals surface area contributed by atoms with Crippen LogP contribution in [-0.4, -0.2) is 11.5 Å². The highest BCUT2D eigenvalue weighted by molar-refractivity contribution is 5.63. The van der Waals surface area contributed by atoms with E-state index in [-0.39, 0.29) is 10.6 Å². The van der Waals surface area contributed by atoms with E-state index in [1.54, 1.807) is 12.1 Å². The van der Waals surface area contributed by atoms with Crippen LogP contribution in [-0.2, 0) is 6.42 Å². The lowest BCUT2D eigenvalue weighted by molar-refractivity contribution is -0.385. The van der Waals surface area contributed by atoms with Crippen molar-refractivity contribution in [1.82, 2.24) is 0 Å². The van der Waals surface area contributed by atoms with Crippen LogP contribution in [0.15, 0.2) is 84.9 Å². The fourth-order valence-electron chi connectivity index (χ4n) is 2.76. The van der Waals surface area contributed by atoms with E-state index in [1.807, 2.05) is 72.8 Å². The zero-order chi connectivity index (χ0) is 16.8. The topological polar surface area (TPSA) is 46.4 Å². The predicted octanol–water partition coefficient (Wildman–Crippen LogP) is 4.98. The van der Waals surface area contributed by atoms with Crippen LogP contribution in [0.3, 0.4) is 0 Å². The summed E-state index contributed by atoms with van der Waals surface area (Å²) < 4.78 is 0. The molecule has 0 spiro atoms. The van der Waals surface area contributed by atoms with Crippen molar-refractivity contribution in [2.24, 2.45) is 0 Å². The summed E-state index contributed by atoms with van der Waals surface area (Å²) in [4.78, 5) is 13.1. The molecule has 3 aromatic carbocycles. The van der Waals surface area contributed by atoms with Crippen LogP contribution in [0.25, 0.3) is 0 Å². The number of nitrogens with zero attached hydrogens (tertiary/aromatic N) is 2. The Hall–Kier alpha value is -3.14. The Morgan fingerprint density at radius 1 is 0.750 bits per heavy atom. The number of rotatable bonds is 6. The summed E-state index contributed by atoms with van der Waals surface area (Å²) in [6, 6.07) is 27.1. The second-order valence-electron chi connectivity index (χ2n) is 5.46. The van der Waals surface area contributed by atoms with Gasteiger partial charge < -0.3 is 4.90 Å². The van der Waals surface area contributed by atoms with Crippen LogP contribution in [0.1, 0.15) is 5.56 Å². The fourth-order valence-corrected chi connectivity index (χ4v) is 2.76. The number of hydrogen-bond acceptors (Lipinski definition) is 3. The first kappa shape index (κ1) is 15.7. The molecular weight excluding hydrogens is 300 g/mol. The monoisotopic (exact) mass is 318 g/mol. The van der Waals surface area contributed by atoms with Gasteiger partial charge in [-0.05, 0) is 30.7 Å². The second-order valence-corrected chi connectivity index (χ2v) is 5.46. The highest BCUT2D eigenvalue weighted by atomic mass is 16.6. The van der Waals surface area contributed by atoms with Gasteiger partial charge >= 0.3 is 0 Å². The second kappa shape index (κ2) is 7.42. The van der Waals surface area contributed by atoms with Crippen LogP contribution in [0.4, 0.5) is 17.1 Å². The molecule has 0 saturated carbocycles. The predicted molar refractivity (Wildman–Crippen MR) is 96.7 cm³/mol. The highest BCUT2D eigenvalue weighted by Crippen LogP contribution is 2.26. The zero-order valence-corrected chi connectivity index (χ0v) is 13.2. The van der Waals surface area contributed by atoms with Gasteiger partial charge in [0, 0.05) is 29.5 Å². The first-order valence-electron chi connectivity index (χ1n) is 7.85. The third-order valence-corrected chi connectivity index (χ3v) is 3.93. The molecule has 0 aliphatic carbocycles. The minimum atomic E-state index is -0.315. The Bertz CT molecular complexity index is 765. The van der Waals surface area contributed by atoms with Crippen LogP contribution in [0.5, 0.6) is 0 Å². The number of nitro benzene ring substituents is 1. The molecule has 0 aromatic heterocycles. The standard InChI is InChI=1S/C20H18N2O2/c23-22(24)20-14-8-7-9-17(20)15-16-21(18-10-3-1-4-11-18)19-12-5-2-6-13-19/h1-14H,15-16H2. The Morgan fingerprint density at radius 3 is 1.79 bits per heavy atom. The molecule has 0 amide bonds. The molecule has 0 aliphatic rings. The van der Waals surface area contributed by atoms with Crippen molar-refractivity contribution in [3.8, 4) is 0 Å². The molecule has 0 unspecified atom stereocenters. The van der Waals surface area contributed by atoms with Gasteiger partial charge in [-0.25, -0.2) is 0 Å². The SMILES string of the molecule is O=[N+]([O-])c1ccccc1CCN(c1ccccc1)c1ccccc1. The molecule has 4 nitrogen and oxygen atoms in total. The molecule has 4 heteroatoms. The minimum absolute atomic E-state index is 0.179. The van der Waals surface area contributed by atoms with E-state index < -0.39 is 0 Å². The van der Waals surface area contributed by atoms with Crippen molar-refractivity contribution in [1.29, 1.82) is 0 Å². The zero-order valence-electron chi connectivity index (χ0n) is 13.2. The Labute approximate surface area is 141 Å². The van der Waals surface area contributed by atoms with Gasteiger partial charge in [0.2, 0.25) is 0 Å². The molecular formula is C20H18N2O2. The fraction of sp³-hybridized carbons (Fsp3) is 0.100. The Kier molecular flexibility index (Phi) is 4.87. The summed E-state index contributed by atoms with van der Waals surface area (Å²) in [5.41, 5.74) is 3.07. The van der Waals surface area contributed by atoms with Crippen LogP contribution >= 0.6 is 0 Å². The number of para-hydroxylation sites is 3. The Balaban J connectivity index is 1.87. The molecule has 3 aromatic rings. The van der Waals surface area contributed by atoms with Crippen LogP contribution in [0, 0.1) is 10.1 Å². The lowest BCUT2D eigenvalue weighted by Crippen LogP contribution is -2.20. The van der Waals surface area contributed by atoms with E-state index in [2.05, 4.69) is 4.90 Å². The molecule has 0 fully saturated rings. The molecule has 0 heterocycles. The maximum atomic E-state index is 11.2. The summed E-state index contributed by atoms with van der Waals surface area (Å²) in [6.07, 6.45) is 0.598. The molecule has 3 rings (SSSR count). The van der Waals surface area contributed by atoms with Gasteiger partial charge in [0.15, 0.2) is 0 Å². The number of anilines is 2. The van der Waals surface area contributed by atoms with Gasteiger partial charge in [-0.15, -0.1) is 0 Å². The van der Waals surface area contributed by atoms with Crippen molar-refractivity contribution in [2.75, 3.05) is 11.4 Å². The molecule has 0 N–H and O–H groups in total. The average molecular weight is 318 g/mol. The summed E-state index contributed by atoms with van der Waals surface area (Å²) in [7, 11) is 0. The van der Waals surface area contributed by atoms with Crippen molar-refractivity contribution < 1.29 is 4.92 Å². The molecule has 0 aliphatic heterocycles. The summed E-state index contributed by atoms with van der Waals surface area (Å²) in [5.74, 6) is 0. The van der Waals surface area contributed by atoms with E-state index in [0.717, 1.165) is 16.9 Å². The van der Waals surface area contributed by atoms with E-state index in [1.165, 1.54) is 0 Å². The summed E-state index contributed by atoms with van der Waals surface area (Å²) in [5, 5.41) is 11.2. The molecule has 24 heavy (non-hydrogen) atoms. The van der Waals surface area contributed by atoms with Gasteiger partial charge in [0.1, 0.15) is 0 Å². The molecule has 120 valence electrons. The van der Waals surface area contributed by atoms with Gasteiger partial charge in [-0.2, -0.15) is 0 Å². The number of nitro groups is 1. The third kappa shape index (κ3) is 3.60. The Morgan fingerprint density at radius 2 is 1.25 bits per heavy atom. The molecule has 0 radical (unpaired) electrons. The minimum Gasteiger partial charge on any atom is -0.341 e. The van der Waals surface area contributed by atoms with Gasteiger partial charge in [-0.1, -0.05) is 54.6 Å². The lowest BCUT2D eigenvalue weighted by Gasteiger charge is -2.25. The van der Waals surface area contributed by atoms with E-state index in [9.17, 15) is 10.1 Å². The molecule has 0 bridgehead atoms. The van der Waals surface area contributed by atoms with Crippen LogP contribution in [0.2, 0.25) is 0 Å². The van der Waals surface area contributed by atoms with Crippen LogP contribution < -0.4 is 4.90 Å². The van der Waals surface area contributed by atoms with E-state index in [4.69, 9.17) is 0 Å². The quantitative estimate of drug-likeness (QED) is 0.476. The van der Waals surface area contributed by atoms with Crippen molar-refractivity contribution in [3.63, 3.8) is 0 Å². The number of hydrogen-bond donors (Lipinski definition) is 0. The average Bonchev–Trinajstić information content (AvgIpc) is 2.64. The number of benzene rings is 3. The third-order valence-electron chi connectivity index (χ3n) is 3.93. The van der Waals surface area contributed by atoms with Gasteiger partial charge in [-0.3, -0.25) is 10.1 Å². The van der Waals surface area contributed by atoms with Gasteiger partial charge in [0.05, 0.1) is 4.92 Å². The van der Waals surface area contributed by atoms with Crippen molar-refractivity contribution in [3.05, 3.63) is 101 Å². The summed E-state index contributed by atoms with van der Waals surface area (Å²) >= 11 is 0. The first-order valence-corrected chi connectivity index (χ1v) is 7.85. The summed E-state index contributed by atoms with van der Waals surface area (Å²) in [6.45, 7) is 0.666. The maximum absolute atomic E-state index is 11.2. The van der Waals surface area contributed by atoms with Gasteiger partial charge in [0.25, 0.3) is 5.69 Å². The molecule has 0 atom stereocenters. The normalized spacial score (nSPS) is 10.3. The smallest absolute Gasteiger partial charge is 0.272 e. The highest BCUT2D eigenvalue weighted by Gasteiger charge is 2.15. The van der Waals surface area contributed by atoms with E-state index >= 15 is 0 Å². The van der Waals surface area contributed by atoms with Crippen molar-refractivity contribution in [2.45, 2.75) is 6.42 Å². The largest absolute Gasteiger partial charge is 0.341 e. The first-order chi connectivity index (χ1) is 11.8. The maximum Gasteiger partial charge on any atom is 0.272 e. The lowest BCUT2D eigenvalue weighted by atomic mass is 10.1. The van der Waals surface area contributed by atoms with Crippen molar-refractivity contribution >= 4 is 17.1 Å².